The molecule has 0 aliphatic rings. The largest absolute Gasteiger partial charge is 0.305 e. The number of benzene rings is 1. The lowest BCUT2D eigenvalue weighted by molar-refractivity contribution is 1.08. The first-order valence-electron chi connectivity index (χ1n) is 5.76. The van der Waals surface area contributed by atoms with E-state index in [1.54, 1.807) is 12.3 Å². The fraction of sp³-hybridized carbons (Fsp3) is 0. The summed E-state index contributed by atoms with van der Waals surface area (Å²) in [5.74, 6) is 0.439. The van der Waals surface area contributed by atoms with Gasteiger partial charge < -0.3 is 4.98 Å². The van der Waals surface area contributed by atoms with Crippen molar-refractivity contribution in [2.45, 2.75) is 0 Å². The molecule has 2 aromatic heterocycles. The lowest BCUT2D eigenvalue weighted by Gasteiger charge is -2.03. The molecule has 0 spiro atoms. The van der Waals surface area contributed by atoms with E-state index in [-0.39, 0.29) is 5.56 Å². The highest BCUT2D eigenvalue weighted by molar-refractivity contribution is 5.61. The van der Waals surface area contributed by atoms with Crippen molar-refractivity contribution in [3.8, 4) is 22.8 Å². The zero-order valence-corrected chi connectivity index (χ0v) is 9.95. The molecular formula is C14H10N4O. The predicted molar refractivity (Wildman–Crippen MR) is 71.3 cm³/mol. The van der Waals surface area contributed by atoms with Gasteiger partial charge in [-0.3, -0.25) is 4.79 Å². The maximum atomic E-state index is 11.7. The Morgan fingerprint density at radius 2 is 1.84 bits per heavy atom. The highest BCUT2D eigenvalue weighted by Crippen LogP contribution is 2.17. The average Bonchev–Trinajstić information content (AvgIpc) is 2.48. The van der Waals surface area contributed by atoms with Crippen LogP contribution >= 0.6 is 0 Å². The third-order valence-corrected chi connectivity index (χ3v) is 2.64. The predicted octanol–water partition coefficient (Wildman–Crippen LogP) is 1.89. The van der Waals surface area contributed by atoms with Gasteiger partial charge in [0.15, 0.2) is 5.82 Å². The van der Waals surface area contributed by atoms with E-state index in [4.69, 9.17) is 0 Å². The van der Waals surface area contributed by atoms with Crippen molar-refractivity contribution < 1.29 is 0 Å². The SMILES string of the molecule is O=c1cc(-c2ccccc2)nc(-c2ccncn2)[nH]1. The first kappa shape index (κ1) is 11.3. The molecule has 3 aromatic rings. The van der Waals surface area contributed by atoms with Crippen molar-refractivity contribution in [2.24, 2.45) is 0 Å². The fourth-order valence-electron chi connectivity index (χ4n) is 1.77. The molecule has 0 atom stereocenters. The lowest BCUT2D eigenvalue weighted by Crippen LogP contribution is -2.09. The van der Waals surface area contributed by atoms with Crippen molar-refractivity contribution in [2.75, 3.05) is 0 Å². The van der Waals surface area contributed by atoms with Crippen molar-refractivity contribution in [3.63, 3.8) is 0 Å². The maximum Gasteiger partial charge on any atom is 0.251 e. The highest BCUT2D eigenvalue weighted by Gasteiger charge is 2.06. The van der Waals surface area contributed by atoms with Gasteiger partial charge in [0.1, 0.15) is 12.0 Å². The Balaban J connectivity index is 2.15. The molecule has 0 fully saturated rings. The summed E-state index contributed by atoms with van der Waals surface area (Å²) in [7, 11) is 0. The van der Waals surface area contributed by atoms with Crippen LogP contribution in [0.3, 0.4) is 0 Å². The van der Waals surface area contributed by atoms with Gasteiger partial charge in [0.05, 0.1) is 5.69 Å². The quantitative estimate of drug-likeness (QED) is 0.754. The zero-order valence-electron chi connectivity index (χ0n) is 9.95. The molecule has 0 amide bonds. The highest BCUT2D eigenvalue weighted by atomic mass is 16.1. The average molecular weight is 250 g/mol. The summed E-state index contributed by atoms with van der Waals surface area (Å²) in [5, 5.41) is 0. The van der Waals surface area contributed by atoms with Crippen LogP contribution in [0, 0.1) is 0 Å². The van der Waals surface area contributed by atoms with Crippen LogP contribution < -0.4 is 5.56 Å². The molecule has 0 saturated carbocycles. The minimum atomic E-state index is -0.206. The van der Waals surface area contributed by atoms with E-state index in [0.717, 1.165) is 5.56 Å². The summed E-state index contributed by atoms with van der Waals surface area (Å²) in [6.07, 6.45) is 3.03. The summed E-state index contributed by atoms with van der Waals surface area (Å²) in [6.45, 7) is 0. The molecule has 1 N–H and O–H groups in total. The van der Waals surface area contributed by atoms with E-state index >= 15 is 0 Å². The van der Waals surface area contributed by atoms with Gasteiger partial charge >= 0.3 is 0 Å². The van der Waals surface area contributed by atoms with Crippen LogP contribution in [0.1, 0.15) is 0 Å². The molecule has 0 aliphatic carbocycles. The van der Waals surface area contributed by atoms with Crippen molar-refractivity contribution >= 4 is 0 Å². The summed E-state index contributed by atoms with van der Waals surface area (Å²) < 4.78 is 0. The normalized spacial score (nSPS) is 10.3. The van der Waals surface area contributed by atoms with Gasteiger partial charge in [0.25, 0.3) is 5.56 Å². The molecule has 0 saturated heterocycles. The molecule has 3 rings (SSSR count). The monoisotopic (exact) mass is 250 g/mol. The number of hydrogen-bond donors (Lipinski definition) is 1. The second-order valence-electron chi connectivity index (χ2n) is 3.94. The van der Waals surface area contributed by atoms with E-state index in [2.05, 4.69) is 19.9 Å². The third-order valence-electron chi connectivity index (χ3n) is 2.64. The van der Waals surface area contributed by atoms with E-state index in [1.165, 1.54) is 12.4 Å². The molecule has 0 unspecified atom stereocenters. The minimum absolute atomic E-state index is 0.206. The van der Waals surface area contributed by atoms with Crippen LogP contribution in [0.4, 0.5) is 0 Å². The van der Waals surface area contributed by atoms with Crippen LogP contribution in [-0.4, -0.2) is 19.9 Å². The summed E-state index contributed by atoms with van der Waals surface area (Å²) >= 11 is 0. The number of nitrogens with zero attached hydrogens (tertiary/aromatic N) is 3. The Morgan fingerprint density at radius 1 is 1.00 bits per heavy atom. The summed E-state index contributed by atoms with van der Waals surface area (Å²) in [5.41, 5.74) is 1.90. The maximum absolute atomic E-state index is 11.7. The lowest BCUT2D eigenvalue weighted by atomic mass is 10.1. The third kappa shape index (κ3) is 2.40. The van der Waals surface area contributed by atoms with Crippen molar-refractivity contribution in [1.82, 2.24) is 19.9 Å². The van der Waals surface area contributed by atoms with Gasteiger partial charge in [-0.2, -0.15) is 0 Å². The summed E-state index contributed by atoms with van der Waals surface area (Å²) in [4.78, 5) is 26.7. The molecule has 1 aromatic carbocycles. The van der Waals surface area contributed by atoms with Gasteiger partial charge in [0, 0.05) is 17.8 Å². The second-order valence-corrected chi connectivity index (χ2v) is 3.94. The second kappa shape index (κ2) is 4.81. The van der Waals surface area contributed by atoms with E-state index in [1.807, 2.05) is 30.3 Å². The first-order valence-corrected chi connectivity index (χ1v) is 5.76. The molecule has 19 heavy (non-hydrogen) atoms. The number of H-pyrrole nitrogens is 1. The van der Waals surface area contributed by atoms with Gasteiger partial charge in [-0.25, -0.2) is 15.0 Å². The molecule has 5 heteroatoms. The Labute approximate surface area is 109 Å². The molecule has 92 valence electrons. The van der Waals surface area contributed by atoms with Crippen LogP contribution in [-0.2, 0) is 0 Å². The Morgan fingerprint density at radius 3 is 2.58 bits per heavy atom. The van der Waals surface area contributed by atoms with Crippen LogP contribution in [0.15, 0.2) is 59.8 Å². The number of hydrogen-bond acceptors (Lipinski definition) is 4. The number of nitrogens with one attached hydrogen (secondary N) is 1. The topological polar surface area (TPSA) is 71.5 Å². The molecule has 5 nitrogen and oxygen atoms in total. The molecular weight excluding hydrogens is 240 g/mol. The van der Waals surface area contributed by atoms with Crippen LogP contribution in [0.5, 0.6) is 0 Å². The number of aromatic amines is 1. The van der Waals surface area contributed by atoms with E-state index in [9.17, 15) is 4.79 Å². The number of rotatable bonds is 2. The number of aromatic nitrogens is 4. The Bertz CT molecular complexity index is 677. The van der Waals surface area contributed by atoms with Gasteiger partial charge in [-0.15, -0.1) is 0 Å². The Hall–Kier alpha value is -2.82. The van der Waals surface area contributed by atoms with Gasteiger partial charge in [-0.05, 0) is 6.07 Å². The van der Waals surface area contributed by atoms with Crippen LogP contribution in [0.25, 0.3) is 22.8 Å². The van der Waals surface area contributed by atoms with Crippen molar-refractivity contribution in [3.05, 3.63) is 65.3 Å². The fourth-order valence-corrected chi connectivity index (χ4v) is 1.77. The van der Waals surface area contributed by atoms with E-state index < -0.39 is 0 Å². The summed E-state index contributed by atoms with van der Waals surface area (Å²) in [6, 6.07) is 12.7. The molecule has 0 bridgehead atoms. The Kier molecular flexibility index (Phi) is 2.86. The molecule has 2 heterocycles. The van der Waals surface area contributed by atoms with Crippen LogP contribution in [0.2, 0.25) is 0 Å². The van der Waals surface area contributed by atoms with Crippen molar-refractivity contribution in [1.29, 1.82) is 0 Å². The van der Waals surface area contributed by atoms with Gasteiger partial charge in [-0.1, -0.05) is 30.3 Å². The minimum Gasteiger partial charge on any atom is -0.305 e. The standard InChI is InChI=1S/C14H10N4O/c19-13-8-12(10-4-2-1-3-5-10)17-14(18-13)11-6-7-15-9-16-11/h1-9H,(H,17,18,19). The molecule has 0 aliphatic heterocycles. The zero-order chi connectivity index (χ0) is 13.1. The molecule has 0 radical (unpaired) electrons. The van der Waals surface area contributed by atoms with E-state index in [0.29, 0.717) is 17.2 Å². The first-order chi connectivity index (χ1) is 9.33. The smallest absolute Gasteiger partial charge is 0.251 e. The van der Waals surface area contributed by atoms with Gasteiger partial charge in [0.2, 0.25) is 0 Å².